The number of hydrogen-bond donors (Lipinski definition) is 1. The van der Waals surface area contributed by atoms with Crippen molar-refractivity contribution in [3.8, 4) is 17.0 Å². The summed E-state index contributed by atoms with van der Waals surface area (Å²) >= 11 is 1.32. The molecule has 186 valence electrons. The van der Waals surface area contributed by atoms with E-state index in [1.165, 1.54) is 11.3 Å². The predicted molar refractivity (Wildman–Crippen MR) is 150 cm³/mol. The number of methoxy groups -OCH3 is 1. The number of pyridine rings is 1. The summed E-state index contributed by atoms with van der Waals surface area (Å²) < 4.78 is 11.6. The molecule has 0 spiro atoms. The molecular formula is C30H21N3O4S. The van der Waals surface area contributed by atoms with E-state index < -0.39 is 18.5 Å². The molecule has 6 aromatic rings. The minimum atomic E-state index is -0.603. The van der Waals surface area contributed by atoms with Crippen molar-refractivity contribution in [2.75, 3.05) is 19.0 Å². The number of carbonyl (C=O) groups is 2. The molecule has 0 aliphatic rings. The van der Waals surface area contributed by atoms with Gasteiger partial charge in [-0.1, -0.05) is 72.0 Å². The average molecular weight is 520 g/mol. The molecule has 2 heterocycles. The van der Waals surface area contributed by atoms with Crippen LogP contribution in [0.3, 0.4) is 0 Å². The number of amides is 1. The molecular weight excluding hydrogens is 498 g/mol. The number of rotatable bonds is 6. The largest absolute Gasteiger partial charge is 0.497 e. The molecule has 0 unspecified atom stereocenters. The molecule has 0 bridgehead atoms. The first-order valence-corrected chi connectivity index (χ1v) is 12.7. The van der Waals surface area contributed by atoms with E-state index in [2.05, 4.69) is 10.3 Å². The number of thiazole rings is 1. The van der Waals surface area contributed by atoms with Gasteiger partial charge in [-0.25, -0.2) is 14.8 Å². The van der Waals surface area contributed by atoms with Crippen molar-refractivity contribution < 1.29 is 19.1 Å². The zero-order valence-corrected chi connectivity index (χ0v) is 21.1. The van der Waals surface area contributed by atoms with Crippen molar-refractivity contribution >= 4 is 60.2 Å². The van der Waals surface area contributed by atoms with E-state index in [0.717, 1.165) is 26.6 Å². The Labute approximate surface area is 221 Å². The lowest BCUT2D eigenvalue weighted by atomic mass is 9.99. The second-order valence-electron chi connectivity index (χ2n) is 8.58. The molecule has 2 aromatic heterocycles. The van der Waals surface area contributed by atoms with Gasteiger partial charge in [0.2, 0.25) is 0 Å². The Hall–Kier alpha value is -4.82. The van der Waals surface area contributed by atoms with Crippen LogP contribution in [0.15, 0.2) is 91.0 Å². The average Bonchev–Trinajstić information content (AvgIpc) is 3.36. The molecule has 1 N–H and O–H groups in total. The van der Waals surface area contributed by atoms with Crippen LogP contribution < -0.4 is 10.1 Å². The molecule has 0 saturated heterocycles. The number of esters is 1. The van der Waals surface area contributed by atoms with E-state index in [1.807, 2.05) is 78.9 Å². The van der Waals surface area contributed by atoms with E-state index in [0.29, 0.717) is 33.0 Å². The van der Waals surface area contributed by atoms with Crippen molar-refractivity contribution in [2.45, 2.75) is 0 Å². The third-order valence-corrected chi connectivity index (χ3v) is 7.11. The van der Waals surface area contributed by atoms with Gasteiger partial charge in [-0.2, -0.15) is 0 Å². The molecule has 0 aliphatic carbocycles. The van der Waals surface area contributed by atoms with Crippen LogP contribution in [0.4, 0.5) is 5.13 Å². The maximum absolute atomic E-state index is 13.2. The van der Waals surface area contributed by atoms with Crippen LogP contribution in [0.25, 0.3) is 43.1 Å². The highest BCUT2D eigenvalue weighted by atomic mass is 32.1. The lowest BCUT2D eigenvalue weighted by Gasteiger charge is -2.11. The predicted octanol–water partition coefficient (Wildman–Crippen LogP) is 6.47. The van der Waals surface area contributed by atoms with Crippen molar-refractivity contribution in [3.05, 3.63) is 96.6 Å². The zero-order valence-electron chi connectivity index (χ0n) is 20.3. The number of nitrogens with one attached hydrogen (secondary N) is 1. The number of para-hydroxylation sites is 1. The standard InChI is InChI=1S/C30H21N3O4S/c1-36-19-13-14-25-27(15-19)38-30(32-25)33-28(34)17-37-29(35)23-16-26(31-24-12-5-4-10-22(23)24)21-11-6-8-18-7-2-3-9-20(18)21/h2-16H,17H2,1H3,(H,32,33,34). The molecule has 0 aliphatic heterocycles. The fraction of sp³-hybridized carbons (Fsp3) is 0.0667. The first kappa shape index (κ1) is 23.6. The molecule has 8 heteroatoms. The van der Waals surface area contributed by atoms with Gasteiger partial charge in [0.15, 0.2) is 11.7 Å². The third-order valence-electron chi connectivity index (χ3n) is 6.18. The first-order chi connectivity index (χ1) is 18.6. The van der Waals surface area contributed by atoms with Crippen LogP contribution in [0.5, 0.6) is 5.75 Å². The molecule has 0 saturated carbocycles. The molecule has 4 aromatic carbocycles. The lowest BCUT2D eigenvalue weighted by Crippen LogP contribution is -2.21. The van der Waals surface area contributed by atoms with Crippen LogP contribution in [-0.2, 0) is 9.53 Å². The normalized spacial score (nSPS) is 11.1. The maximum atomic E-state index is 13.2. The highest BCUT2D eigenvalue weighted by Gasteiger charge is 2.18. The van der Waals surface area contributed by atoms with Gasteiger partial charge in [-0.05, 0) is 41.1 Å². The van der Waals surface area contributed by atoms with Gasteiger partial charge in [0.05, 0.1) is 34.1 Å². The molecule has 0 atom stereocenters. The van der Waals surface area contributed by atoms with E-state index >= 15 is 0 Å². The maximum Gasteiger partial charge on any atom is 0.339 e. The van der Waals surface area contributed by atoms with E-state index in [-0.39, 0.29) is 0 Å². The smallest absolute Gasteiger partial charge is 0.339 e. The highest BCUT2D eigenvalue weighted by Crippen LogP contribution is 2.31. The Kier molecular flexibility index (Phi) is 6.15. The molecule has 0 radical (unpaired) electrons. The monoisotopic (exact) mass is 519 g/mol. The zero-order chi connectivity index (χ0) is 26.1. The van der Waals surface area contributed by atoms with Gasteiger partial charge in [0.25, 0.3) is 5.91 Å². The SMILES string of the molecule is COc1ccc2nc(NC(=O)COC(=O)c3cc(-c4cccc5ccccc45)nc4ccccc34)sc2c1. The fourth-order valence-corrected chi connectivity index (χ4v) is 5.29. The summed E-state index contributed by atoms with van der Waals surface area (Å²) in [5, 5.41) is 5.89. The van der Waals surface area contributed by atoms with Crippen molar-refractivity contribution in [2.24, 2.45) is 0 Å². The van der Waals surface area contributed by atoms with Crippen molar-refractivity contribution in [3.63, 3.8) is 0 Å². The number of benzene rings is 4. The Morgan fingerprint density at radius 3 is 2.50 bits per heavy atom. The number of carbonyl (C=O) groups excluding carboxylic acids is 2. The number of anilines is 1. The number of fused-ring (bicyclic) bond motifs is 3. The number of ether oxygens (including phenoxy) is 2. The Balaban J connectivity index is 1.25. The van der Waals surface area contributed by atoms with E-state index in [1.54, 1.807) is 19.2 Å². The second kappa shape index (κ2) is 9.91. The molecule has 6 rings (SSSR count). The van der Waals surface area contributed by atoms with E-state index in [4.69, 9.17) is 14.5 Å². The molecule has 1 amide bonds. The molecule has 38 heavy (non-hydrogen) atoms. The van der Waals surface area contributed by atoms with Crippen LogP contribution >= 0.6 is 11.3 Å². The fourth-order valence-electron chi connectivity index (χ4n) is 4.38. The van der Waals surface area contributed by atoms with Gasteiger partial charge in [0, 0.05) is 10.9 Å². The second-order valence-corrected chi connectivity index (χ2v) is 9.61. The molecule has 7 nitrogen and oxygen atoms in total. The van der Waals surface area contributed by atoms with Crippen LogP contribution in [0, 0.1) is 0 Å². The minimum Gasteiger partial charge on any atom is -0.497 e. The highest BCUT2D eigenvalue weighted by molar-refractivity contribution is 7.22. The Morgan fingerprint density at radius 1 is 0.842 bits per heavy atom. The topological polar surface area (TPSA) is 90.4 Å². The third kappa shape index (κ3) is 4.53. The summed E-state index contributed by atoms with van der Waals surface area (Å²) in [6.45, 7) is -0.446. The van der Waals surface area contributed by atoms with Crippen molar-refractivity contribution in [1.29, 1.82) is 0 Å². The van der Waals surface area contributed by atoms with Gasteiger partial charge in [-0.15, -0.1) is 0 Å². The number of hydrogen-bond acceptors (Lipinski definition) is 7. The van der Waals surface area contributed by atoms with Gasteiger partial charge >= 0.3 is 5.97 Å². The summed E-state index contributed by atoms with van der Waals surface area (Å²) in [6, 6.07) is 28.6. The first-order valence-electron chi connectivity index (χ1n) is 11.9. The summed E-state index contributed by atoms with van der Waals surface area (Å²) in [4.78, 5) is 35.0. The van der Waals surface area contributed by atoms with Crippen LogP contribution in [0.1, 0.15) is 10.4 Å². The lowest BCUT2D eigenvalue weighted by molar-refractivity contribution is -0.119. The van der Waals surface area contributed by atoms with Crippen LogP contribution in [-0.4, -0.2) is 35.6 Å². The quantitative estimate of drug-likeness (QED) is 0.254. The molecule has 0 fully saturated rings. The summed E-state index contributed by atoms with van der Waals surface area (Å²) in [5.41, 5.74) is 3.32. The number of aromatic nitrogens is 2. The van der Waals surface area contributed by atoms with Gasteiger partial charge in [-0.3, -0.25) is 10.1 Å². The van der Waals surface area contributed by atoms with Gasteiger partial charge in [0.1, 0.15) is 5.75 Å². The number of nitrogens with zero attached hydrogens (tertiary/aromatic N) is 2. The minimum absolute atomic E-state index is 0.346. The Bertz CT molecular complexity index is 1840. The van der Waals surface area contributed by atoms with Crippen molar-refractivity contribution in [1.82, 2.24) is 9.97 Å². The summed E-state index contributed by atoms with van der Waals surface area (Å²) in [6.07, 6.45) is 0. The van der Waals surface area contributed by atoms with Crippen LogP contribution in [0.2, 0.25) is 0 Å². The Morgan fingerprint density at radius 2 is 1.63 bits per heavy atom. The summed E-state index contributed by atoms with van der Waals surface area (Å²) in [5.74, 6) is -0.369. The van der Waals surface area contributed by atoms with E-state index in [9.17, 15) is 9.59 Å². The van der Waals surface area contributed by atoms with Gasteiger partial charge < -0.3 is 9.47 Å². The summed E-state index contributed by atoms with van der Waals surface area (Å²) in [7, 11) is 1.59.